The molecule has 15 nitrogen and oxygen atoms in total. The number of nitrogen functional groups attached to an aromatic ring is 1. The molecule has 0 saturated carbocycles. The number of hydrazone groups is 1. The Kier molecular flexibility index (Phi) is 6.79. The Bertz CT molecular complexity index is 1170. The Labute approximate surface area is 205 Å². The van der Waals surface area contributed by atoms with E-state index in [1.165, 1.54) is 24.1 Å². The number of carboxylic acid groups (broad SMARTS) is 1. The molecule has 0 bridgehead atoms. The van der Waals surface area contributed by atoms with E-state index < -0.39 is 41.4 Å². The molecule has 0 radical (unpaired) electrons. The van der Waals surface area contributed by atoms with Gasteiger partial charge in [0.05, 0.1) is 6.54 Å². The van der Waals surface area contributed by atoms with Crippen molar-refractivity contribution >= 4 is 63.9 Å². The molecule has 4 heterocycles. The average molecular weight is 526 g/mol. The molecule has 1 aromatic rings. The summed E-state index contributed by atoms with van der Waals surface area (Å²) in [6, 6.07) is -1.53. The molecule has 1 aromatic heterocycles. The summed E-state index contributed by atoms with van der Waals surface area (Å²) in [6.07, 6.45) is -1.65. The Morgan fingerprint density at radius 3 is 2.77 bits per heavy atom. The van der Waals surface area contributed by atoms with Crippen LogP contribution in [0.2, 0.25) is 0 Å². The summed E-state index contributed by atoms with van der Waals surface area (Å²) in [5.74, 6) is -2.06. The number of nitrogens with two attached hydrogens (primary N) is 1. The van der Waals surface area contributed by atoms with E-state index in [0.717, 1.165) is 21.2 Å². The maximum atomic E-state index is 13.1. The predicted molar refractivity (Wildman–Crippen MR) is 121 cm³/mol. The van der Waals surface area contributed by atoms with Gasteiger partial charge in [-0.15, -0.1) is 23.1 Å². The van der Waals surface area contributed by atoms with Crippen LogP contribution in [0.5, 0.6) is 0 Å². The SMILES string of the molecule is CC(=O)OCC1=C(OC(=O)O)N2C(=O)C(NC(=O)C(=NN3CCNC3=O)c3csc(N)n3)[C@@H]2SC1. The molecule has 3 aliphatic rings. The van der Waals surface area contributed by atoms with E-state index in [-0.39, 0.29) is 41.3 Å². The molecule has 0 aliphatic carbocycles. The van der Waals surface area contributed by atoms with Gasteiger partial charge in [-0.25, -0.2) is 19.6 Å². The third kappa shape index (κ3) is 4.99. The number of nitrogens with zero attached hydrogens (tertiary/aromatic N) is 4. The first-order valence-corrected chi connectivity index (χ1v) is 12.0. The minimum absolute atomic E-state index is 0.128. The number of urea groups is 1. The summed E-state index contributed by atoms with van der Waals surface area (Å²) in [4.78, 5) is 65.4. The molecule has 0 spiro atoms. The van der Waals surface area contributed by atoms with Crippen LogP contribution in [0, 0.1) is 0 Å². The molecule has 0 aromatic carbocycles. The first-order valence-electron chi connectivity index (χ1n) is 10.0. The maximum Gasteiger partial charge on any atom is 0.512 e. The van der Waals surface area contributed by atoms with Crippen LogP contribution >= 0.6 is 23.1 Å². The highest BCUT2D eigenvalue weighted by Crippen LogP contribution is 2.40. The summed E-state index contributed by atoms with van der Waals surface area (Å²) < 4.78 is 9.72. The Hall–Kier alpha value is -3.86. The molecule has 5 N–H and O–H groups in total. The maximum absolute atomic E-state index is 13.1. The summed E-state index contributed by atoms with van der Waals surface area (Å²) in [5.41, 5.74) is 5.89. The fourth-order valence-electron chi connectivity index (χ4n) is 3.39. The van der Waals surface area contributed by atoms with Crippen LogP contribution in [0.15, 0.2) is 21.9 Å². The van der Waals surface area contributed by atoms with Crippen LogP contribution in [-0.4, -0.2) is 92.5 Å². The summed E-state index contributed by atoms with van der Waals surface area (Å²) in [5, 5.41) is 20.4. The predicted octanol–water partition coefficient (Wildman–Crippen LogP) is -0.676. The lowest BCUT2D eigenvalue weighted by Gasteiger charge is -2.49. The van der Waals surface area contributed by atoms with E-state index in [1.807, 2.05) is 0 Å². The van der Waals surface area contributed by atoms with Crippen LogP contribution in [-0.2, 0) is 23.9 Å². The summed E-state index contributed by atoms with van der Waals surface area (Å²) in [6.45, 7) is 1.52. The van der Waals surface area contributed by atoms with Gasteiger partial charge in [0.2, 0.25) is 5.88 Å². The van der Waals surface area contributed by atoms with Gasteiger partial charge in [0.15, 0.2) is 10.8 Å². The van der Waals surface area contributed by atoms with Crippen LogP contribution in [0.4, 0.5) is 14.7 Å². The van der Waals surface area contributed by atoms with Gasteiger partial charge < -0.3 is 30.9 Å². The first-order chi connectivity index (χ1) is 16.7. The standard InChI is InChI=1S/C18H19N7O8S2/c1-7(26)32-4-8-5-34-15-11(13(28)25(15)14(8)33-18(30)31)22-12(27)10(9-6-35-16(19)21-9)23-24-3-2-20-17(24)29/h6,11,15H,2-5H2,1H3,(H2,19,21)(H,20,29)(H,22,27)(H,30,31)/t11?,15-/m0/s1. The quantitative estimate of drug-likeness (QED) is 0.199. The number of carbonyl (C=O) groups excluding carboxylic acids is 4. The molecular weight excluding hydrogens is 506 g/mol. The first kappa shape index (κ1) is 24.3. The van der Waals surface area contributed by atoms with Gasteiger partial charge in [0.1, 0.15) is 23.7 Å². The van der Waals surface area contributed by atoms with Gasteiger partial charge >= 0.3 is 18.2 Å². The zero-order valence-electron chi connectivity index (χ0n) is 18.0. The van der Waals surface area contributed by atoms with Crippen molar-refractivity contribution in [3.63, 3.8) is 0 Å². The monoisotopic (exact) mass is 525 g/mol. The molecule has 4 amide bonds. The normalized spacial score (nSPS) is 21.8. The van der Waals surface area contributed by atoms with Crippen molar-refractivity contribution in [2.24, 2.45) is 5.10 Å². The topological polar surface area (TPSA) is 206 Å². The van der Waals surface area contributed by atoms with Gasteiger partial charge in [-0.3, -0.25) is 19.3 Å². The fourth-order valence-corrected chi connectivity index (χ4v) is 5.25. The second kappa shape index (κ2) is 9.79. The van der Waals surface area contributed by atoms with Crippen molar-refractivity contribution in [1.29, 1.82) is 0 Å². The van der Waals surface area contributed by atoms with E-state index in [2.05, 4.69) is 20.7 Å². The lowest BCUT2D eigenvalue weighted by atomic mass is 10.1. The van der Waals surface area contributed by atoms with E-state index in [9.17, 15) is 24.0 Å². The van der Waals surface area contributed by atoms with Crippen molar-refractivity contribution < 1.29 is 38.6 Å². The minimum atomic E-state index is -1.65. The molecule has 17 heteroatoms. The molecule has 4 rings (SSSR count). The Morgan fingerprint density at radius 1 is 1.40 bits per heavy atom. The molecule has 35 heavy (non-hydrogen) atoms. The smallest absolute Gasteiger partial charge is 0.461 e. The average Bonchev–Trinajstić information content (AvgIpc) is 3.41. The van der Waals surface area contributed by atoms with E-state index in [4.69, 9.17) is 20.3 Å². The number of β-lactam (4-membered cyclic amide) rings is 1. The number of anilines is 1. The summed E-state index contributed by atoms with van der Waals surface area (Å²) >= 11 is 2.30. The van der Waals surface area contributed by atoms with Gasteiger partial charge in [-0.2, -0.15) is 5.10 Å². The summed E-state index contributed by atoms with van der Waals surface area (Å²) in [7, 11) is 0. The van der Waals surface area contributed by atoms with Gasteiger partial charge in [0, 0.05) is 30.2 Å². The number of thiazole rings is 1. The van der Waals surface area contributed by atoms with Gasteiger partial charge in [-0.1, -0.05) is 0 Å². The number of hydrogen-bond acceptors (Lipinski definition) is 12. The third-order valence-electron chi connectivity index (χ3n) is 4.95. The number of thioether (sulfide) groups is 1. The highest BCUT2D eigenvalue weighted by molar-refractivity contribution is 8.00. The number of ether oxygens (including phenoxy) is 2. The fraction of sp³-hybridized carbons (Fsp3) is 0.389. The van der Waals surface area contributed by atoms with Crippen molar-refractivity contribution in [3.8, 4) is 0 Å². The minimum Gasteiger partial charge on any atom is -0.461 e. The van der Waals surface area contributed by atoms with Crippen LogP contribution in [0.3, 0.4) is 0 Å². The van der Waals surface area contributed by atoms with E-state index >= 15 is 0 Å². The largest absolute Gasteiger partial charge is 0.512 e. The van der Waals surface area contributed by atoms with Crippen molar-refractivity contribution in [2.45, 2.75) is 18.3 Å². The molecular formula is C18H19N7O8S2. The number of rotatable bonds is 7. The molecule has 3 aliphatic heterocycles. The highest BCUT2D eigenvalue weighted by atomic mass is 32.2. The zero-order chi connectivity index (χ0) is 25.3. The molecule has 1 unspecified atom stereocenters. The third-order valence-corrected chi connectivity index (χ3v) is 6.96. The zero-order valence-corrected chi connectivity index (χ0v) is 19.7. The molecule has 186 valence electrons. The number of hydrogen-bond donors (Lipinski definition) is 4. The second-order valence-electron chi connectivity index (χ2n) is 7.29. The van der Waals surface area contributed by atoms with Crippen LogP contribution < -0.4 is 16.4 Å². The molecule has 2 atom stereocenters. The Balaban J connectivity index is 1.54. The second-order valence-corrected chi connectivity index (χ2v) is 9.29. The lowest BCUT2D eigenvalue weighted by molar-refractivity contribution is -0.148. The van der Waals surface area contributed by atoms with Gasteiger partial charge in [0.25, 0.3) is 11.8 Å². The van der Waals surface area contributed by atoms with Crippen molar-refractivity contribution in [2.75, 3.05) is 31.2 Å². The van der Waals surface area contributed by atoms with Gasteiger partial charge in [-0.05, 0) is 0 Å². The lowest BCUT2D eigenvalue weighted by Crippen LogP contribution is -2.70. The van der Waals surface area contributed by atoms with Crippen molar-refractivity contribution in [1.82, 2.24) is 25.5 Å². The van der Waals surface area contributed by atoms with Crippen LogP contribution in [0.25, 0.3) is 0 Å². The van der Waals surface area contributed by atoms with Crippen molar-refractivity contribution in [3.05, 3.63) is 22.5 Å². The number of nitrogens with one attached hydrogen (secondary N) is 2. The highest BCUT2D eigenvalue weighted by Gasteiger charge is 2.54. The van der Waals surface area contributed by atoms with Crippen LogP contribution in [0.1, 0.15) is 12.6 Å². The Morgan fingerprint density at radius 2 is 2.17 bits per heavy atom. The molecule has 2 saturated heterocycles. The number of esters is 1. The van der Waals surface area contributed by atoms with E-state index in [1.54, 1.807) is 0 Å². The van der Waals surface area contributed by atoms with E-state index in [0.29, 0.717) is 12.1 Å². The molecule has 2 fully saturated rings. The number of fused-ring (bicyclic) bond motifs is 1. The number of amides is 4. The number of carbonyl (C=O) groups is 5. The number of aromatic nitrogens is 1.